The second-order valence-electron chi connectivity index (χ2n) is 15.7. The average molecular weight is 730 g/mol. The third-order valence-corrected chi connectivity index (χ3v) is 12.1. The van der Waals surface area contributed by atoms with Crippen LogP contribution in [0.1, 0.15) is 25.0 Å². The Morgan fingerprint density at radius 3 is 1.88 bits per heavy atom. The van der Waals surface area contributed by atoms with Crippen molar-refractivity contribution in [2.24, 2.45) is 0 Å². The van der Waals surface area contributed by atoms with Crippen molar-refractivity contribution in [1.29, 1.82) is 0 Å². The molecule has 0 unspecified atom stereocenters. The molecule has 1 aliphatic carbocycles. The number of para-hydroxylation sites is 4. The van der Waals surface area contributed by atoms with Gasteiger partial charge < -0.3 is 9.32 Å². The third kappa shape index (κ3) is 5.25. The molecule has 11 rings (SSSR count). The molecule has 0 N–H and O–H groups in total. The highest BCUT2D eigenvalue weighted by atomic mass is 16.3. The fraction of sp³-hybridized carbons (Fsp3) is 0.0545. The standard InChI is InChI=1S/C55H39NO/c1-55(2)48-27-9-5-23-47(48)53-45(25-15-28-49(53)55)43-21-7-11-30-51(43)56(50-29-10-6-20-41(50)39-33-32-36-16-3-4-17-37(36)34-39)40-19-13-18-38(35-40)42-24-14-26-46-44-22-8-12-31-52(44)57-54(42)46/h3-35H,1-2H3. The van der Waals surface area contributed by atoms with Crippen LogP contribution >= 0.6 is 0 Å². The van der Waals surface area contributed by atoms with Gasteiger partial charge in [0.2, 0.25) is 0 Å². The minimum atomic E-state index is -0.106. The molecule has 1 aromatic heterocycles. The average Bonchev–Trinajstić information content (AvgIpc) is 3.76. The topological polar surface area (TPSA) is 16.4 Å². The molecule has 10 aromatic rings. The van der Waals surface area contributed by atoms with Crippen LogP contribution in [0.3, 0.4) is 0 Å². The minimum absolute atomic E-state index is 0.106. The van der Waals surface area contributed by atoms with E-state index in [0.717, 1.165) is 55.7 Å². The molecule has 0 atom stereocenters. The Kier molecular flexibility index (Phi) is 7.55. The highest BCUT2D eigenvalue weighted by molar-refractivity contribution is 6.10. The van der Waals surface area contributed by atoms with Crippen LogP contribution in [0.25, 0.3) is 77.2 Å². The molecule has 0 aliphatic heterocycles. The number of hydrogen-bond donors (Lipinski definition) is 0. The predicted octanol–water partition coefficient (Wildman–Crippen LogP) is 15.5. The molecule has 2 nitrogen and oxygen atoms in total. The maximum Gasteiger partial charge on any atom is 0.143 e. The van der Waals surface area contributed by atoms with Gasteiger partial charge in [0.15, 0.2) is 0 Å². The lowest BCUT2D eigenvalue weighted by molar-refractivity contribution is 0.660. The van der Waals surface area contributed by atoms with Crippen LogP contribution in [0.5, 0.6) is 0 Å². The van der Waals surface area contributed by atoms with E-state index in [0.29, 0.717) is 0 Å². The van der Waals surface area contributed by atoms with Gasteiger partial charge >= 0.3 is 0 Å². The normalized spacial score (nSPS) is 12.9. The van der Waals surface area contributed by atoms with E-state index in [1.807, 2.05) is 6.07 Å². The lowest BCUT2D eigenvalue weighted by Gasteiger charge is -2.31. The SMILES string of the molecule is CC1(C)c2ccccc2-c2c(-c3ccccc3N(c3cccc(-c4cccc5c4oc4ccccc45)c3)c3ccccc3-c3ccc4ccccc4c3)cccc21. The summed E-state index contributed by atoms with van der Waals surface area (Å²) < 4.78 is 6.57. The second-order valence-corrected chi connectivity index (χ2v) is 15.7. The van der Waals surface area contributed by atoms with Crippen LogP contribution in [0.4, 0.5) is 17.1 Å². The highest BCUT2D eigenvalue weighted by Gasteiger charge is 2.37. The van der Waals surface area contributed by atoms with E-state index in [1.165, 1.54) is 49.7 Å². The summed E-state index contributed by atoms with van der Waals surface area (Å²) in [6, 6.07) is 72.7. The molecule has 9 aromatic carbocycles. The molecule has 0 amide bonds. The van der Waals surface area contributed by atoms with Crippen molar-refractivity contribution in [2.45, 2.75) is 19.3 Å². The van der Waals surface area contributed by atoms with E-state index in [9.17, 15) is 0 Å². The summed E-state index contributed by atoms with van der Waals surface area (Å²) in [6.07, 6.45) is 0. The highest BCUT2D eigenvalue weighted by Crippen LogP contribution is 2.54. The van der Waals surface area contributed by atoms with Crippen LogP contribution in [-0.2, 0) is 5.41 Å². The zero-order chi connectivity index (χ0) is 38.1. The first-order valence-electron chi connectivity index (χ1n) is 19.8. The first-order chi connectivity index (χ1) is 28.0. The summed E-state index contributed by atoms with van der Waals surface area (Å²) in [6.45, 7) is 4.71. The molecular weight excluding hydrogens is 691 g/mol. The fourth-order valence-corrected chi connectivity index (χ4v) is 9.34. The quantitative estimate of drug-likeness (QED) is 0.169. The lowest BCUT2D eigenvalue weighted by Crippen LogP contribution is -2.15. The van der Waals surface area contributed by atoms with E-state index in [2.05, 4.69) is 213 Å². The molecule has 2 heteroatoms. The smallest absolute Gasteiger partial charge is 0.143 e. The number of anilines is 3. The number of nitrogens with zero attached hydrogens (tertiary/aromatic N) is 1. The molecule has 57 heavy (non-hydrogen) atoms. The van der Waals surface area contributed by atoms with Crippen molar-refractivity contribution in [3.05, 3.63) is 211 Å². The Morgan fingerprint density at radius 2 is 1.00 bits per heavy atom. The molecule has 0 spiro atoms. The van der Waals surface area contributed by atoms with Crippen LogP contribution in [0, 0.1) is 0 Å². The molecule has 1 heterocycles. The molecule has 0 fully saturated rings. The number of furan rings is 1. The van der Waals surface area contributed by atoms with Crippen LogP contribution in [0.15, 0.2) is 205 Å². The summed E-state index contributed by atoms with van der Waals surface area (Å²) in [5, 5.41) is 4.71. The fourth-order valence-electron chi connectivity index (χ4n) is 9.34. The van der Waals surface area contributed by atoms with Crippen molar-refractivity contribution < 1.29 is 4.42 Å². The van der Waals surface area contributed by atoms with Gasteiger partial charge in [0, 0.05) is 38.6 Å². The summed E-state index contributed by atoms with van der Waals surface area (Å²) in [5.74, 6) is 0. The Balaban J connectivity index is 1.17. The zero-order valence-electron chi connectivity index (χ0n) is 31.9. The summed E-state index contributed by atoms with van der Waals surface area (Å²) >= 11 is 0. The van der Waals surface area contributed by atoms with Gasteiger partial charge in [-0.2, -0.15) is 0 Å². The van der Waals surface area contributed by atoms with Gasteiger partial charge in [-0.05, 0) is 86.1 Å². The predicted molar refractivity (Wildman–Crippen MR) is 240 cm³/mol. The monoisotopic (exact) mass is 729 g/mol. The molecule has 0 saturated carbocycles. The Hall–Kier alpha value is -7.16. The van der Waals surface area contributed by atoms with Crippen LogP contribution < -0.4 is 4.90 Å². The lowest BCUT2D eigenvalue weighted by atomic mass is 9.82. The van der Waals surface area contributed by atoms with Gasteiger partial charge in [-0.3, -0.25) is 0 Å². The summed E-state index contributed by atoms with van der Waals surface area (Å²) in [5.41, 5.74) is 17.3. The molecule has 0 radical (unpaired) electrons. The summed E-state index contributed by atoms with van der Waals surface area (Å²) in [4.78, 5) is 2.47. The molecular formula is C55H39NO. The largest absolute Gasteiger partial charge is 0.455 e. The van der Waals surface area contributed by atoms with Crippen molar-refractivity contribution in [1.82, 2.24) is 0 Å². The Bertz CT molecular complexity index is 3180. The van der Waals surface area contributed by atoms with Gasteiger partial charge in [0.1, 0.15) is 11.2 Å². The number of rotatable bonds is 6. The molecule has 270 valence electrons. The Morgan fingerprint density at radius 1 is 0.404 bits per heavy atom. The molecule has 0 saturated heterocycles. The maximum absolute atomic E-state index is 6.57. The van der Waals surface area contributed by atoms with Gasteiger partial charge in [-0.25, -0.2) is 0 Å². The first-order valence-corrected chi connectivity index (χ1v) is 19.8. The molecule has 0 bridgehead atoms. The van der Waals surface area contributed by atoms with Crippen LogP contribution in [-0.4, -0.2) is 0 Å². The number of hydrogen-bond acceptors (Lipinski definition) is 2. The van der Waals surface area contributed by atoms with Crippen molar-refractivity contribution in [2.75, 3.05) is 4.90 Å². The van der Waals surface area contributed by atoms with E-state index in [1.54, 1.807) is 0 Å². The number of fused-ring (bicyclic) bond motifs is 7. The van der Waals surface area contributed by atoms with Gasteiger partial charge in [-0.15, -0.1) is 0 Å². The minimum Gasteiger partial charge on any atom is -0.455 e. The molecule has 1 aliphatic rings. The summed E-state index contributed by atoms with van der Waals surface area (Å²) in [7, 11) is 0. The van der Waals surface area contributed by atoms with Gasteiger partial charge in [0.25, 0.3) is 0 Å². The van der Waals surface area contributed by atoms with E-state index < -0.39 is 0 Å². The zero-order valence-corrected chi connectivity index (χ0v) is 31.9. The van der Waals surface area contributed by atoms with Crippen molar-refractivity contribution >= 4 is 49.8 Å². The first kappa shape index (κ1) is 33.2. The van der Waals surface area contributed by atoms with Crippen molar-refractivity contribution in [3.8, 4) is 44.5 Å². The second kappa shape index (κ2) is 13.0. The van der Waals surface area contributed by atoms with E-state index >= 15 is 0 Å². The maximum atomic E-state index is 6.57. The van der Waals surface area contributed by atoms with E-state index in [-0.39, 0.29) is 5.41 Å². The van der Waals surface area contributed by atoms with Crippen LogP contribution in [0.2, 0.25) is 0 Å². The Labute approximate surface area is 332 Å². The van der Waals surface area contributed by atoms with Gasteiger partial charge in [-0.1, -0.05) is 178 Å². The third-order valence-electron chi connectivity index (χ3n) is 12.1. The number of benzene rings is 9. The van der Waals surface area contributed by atoms with Gasteiger partial charge in [0.05, 0.1) is 11.4 Å². The van der Waals surface area contributed by atoms with Crippen molar-refractivity contribution in [3.63, 3.8) is 0 Å². The van der Waals surface area contributed by atoms with E-state index in [4.69, 9.17) is 4.42 Å².